The number of amides is 1. The third-order valence-corrected chi connectivity index (χ3v) is 3.02. The Labute approximate surface area is 96.5 Å². The van der Waals surface area contributed by atoms with E-state index in [0.29, 0.717) is 5.52 Å². The predicted octanol–water partition coefficient (Wildman–Crippen LogP) is 2.03. The molecule has 1 aromatic heterocycles. The molecule has 2 rings (SSSR count). The highest BCUT2D eigenvalue weighted by molar-refractivity contribution is 7.16. The fourth-order valence-corrected chi connectivity index (χ4v) is 2.34. The fraction of sp³-hybridized carbons (Fsp3) is 0.273. The number of hydrogen-bond acceptors (Lipinski definition) is 3. The quantitative estimate of drug-likeness (QED) is 0.823. The van der Waals surface area contributed by atoms with Crippen LogP contribution in [0.2, 0.25) is 0 Å². The van der Waals surface area contributed by atoms with Crippen molar-refractivity contribution in [3.63, 3.8) is 0 Å². The molecule has 1 heterocycles. The lowest BCUT2D eigenvalue weighted by Gasteiger charge is -2.08. The summed E-state index contributed by atoms with van der Waals surface area (Å²) in [4.78, 5) is 23.2. The molecule has 2 aromatic rings. The molecule has 1 N–H and O–H groups in total. The average Bonchev–Trinajstić information content (AvgIpc) is 2.52. The van der Waals surface area contributed by atoms with E-state index < -0.39 is 0 Å². The van der Waals surface area contributed by atoms with Crippen molar-refractivity contribution in [2.75, 3.05) is 0 Å². The summed E-state index contributed by atoms with van der Waals surface area (Å²) in [5, 5.41) is 2.71. The van der Waals surface area contributed by atoms with E-state index in [9.17, 15) is 9.59 Å². The van der Waals surface area contributed by atoms with Gasteiger partial charge in [-0.05, 0) is 26.0 Å². The number of benzene rings is 1. The first-order valence-corrected chi connectivity index (χ1v) is 5.82. The van der Waals surface area contributed by atoms with E-state index in [-0.39, 0.29) is 16.9 Å². The first kappa shape index (κ1) is 10.9. The van der Waals surface area contributed by atoms with E-state index >= 15 is 0 Å². The van der Waals surface area contributed by atoms with E-state index in [1.165, 1.54) is 4.57 Å². The standard InChI is InChI=1S/C11H12N2O2S/c1-7(2)12-10(14)13-8-5-3-4-6-9(8)16-11(13)15/h3-7H,1-2H3,(H,12,14). The monoisotopic (exact) mass is 236 g/mol. The Morgan fingerprint density at radius 3 is 2.75 bits per heavy atom. The van der Waals surface area contributed by atoms with Gasteiger partial charge in [-0.25, -0.2) is 9.36 Å². The van der Waals surface area contributed by atoms with Crippen LogP contribution in [0.15, 0.2) is 29.1 Å². The first-order valence-electron chi connectivity index (χ1n) is 5.01. The fourth-order valence-electron chi connectivity index (χ4n) is 1.47. The van der Waals surface area contributed by atoms with Gasteiger partial charge in [-0.2, -0.15) is 0 Å². The molecule has 0 fully saturated rings. The van der Waals surface area contributed by atoms with Crippen LogP contribution in [0.25, 0.3) is 10.2 Å². The Balaban J connectivity index is 2.55. The summed E-state index contributed by atoms with van der Waals surface area (Å²) in [5.74, 6) is 0. The second-order valence-electron chi connectivity index (χ2n) is 3.78. The zero-order valence-corrected chi connectivity index (χ0v) is 9.88. The third kappa shape index (κ3) is 1.86. The lowest BCUT2D eigenvalue weighted by molar-refractivity contribution is 0.240. The molecule has 84 valence electrons. The van der Waals surface area contributed by atoms with Crippen LogP contribution >= 0.6 is 11.3 Å². The highest BCUT2D eigenvalue weighted by Crippen LogP contribution is 2.15. The van der Waals surface area contributed by atoms with Crippen LogP contribution in [0.4, 0.5) is 4.79 Å². The van der Waals surface area contributed by atoms with Gasteiger partial charge in [0.25, 0.3) is 0 Å². The van der Waals surface area contributed by atoms with Crippen molar-refractivity contribution in [3.05, 3.63) is 33.9 Å². The van der Waals surface area contributed by atoms with Gasteiger partial charge in [-0.3, -0.25) is 4.79 Å². The molecule has 0 atom stereocenters. The largest absolute Gasteiger partial charge is 0.335 e. The van der Waals surface area contributed by atoms with Crippen molar-refractivity contribution < 1.29 is 4.79 Å². The van der Waals surface area contributed by atoms with Gasteiger partial charge < -0.3 is 5.32 Å². The molecule has 0 aliphatic rings. The van der Waals surface area contributed by atoms with E-state index in [1.54, 1.807) is 6.07 Å². The van der Waals surface area contributed by atoms with Gasteiger partial charge in [-0.1, -0.05) is 23.5 Å². The molecule has 0 saturated carbocycles. The predicted molar refractivity (Wildman–Crippen MR) is 65.2 cm³/mol. The molecule has 4 nitrogen and oxygen atoms in total. The minimum Gasteiger partial charge on any atom is -0.335 e. The molecule has 1 amide bonds. The van der Waals surface area contributed by atoms with E-state index in [4.69, 9.17) is 0 Å². The van der Waals surface area contributed by atoms with Gasteiger partial charge in [0.05, 0.1) is 10.2 Å². The Morgan fingerprint density at radius 2 is 2.06 bits per heavy atom. The molecule has 0 aliphatic carbocycles. The maximum atomic E-state index is 11.8. The van der Waals surface area contributed by atoms with Crippen LogP contribution in [0.3, 0.4) is 0 Å². The number of rotatable bonds is 1. The van der Waals surface area contributed by atoms with Crippen molar-refractivity contribution in [1.29, 1.82) is 0 Å². The Bertz CT molecular complexity index is 583. The molecule has 0 bridgehead atoms. The Kier molecular flexibility index (Phi) is 2.78. The second-order valence-corrected chi connectivity index (χ2v) is 4.77. The van der Waals surface area contributed by atoms with Gasteiger partial charge in [0.15, 0.2) is 0 Å². The maximum Gasteiger partial charge on any atom is 0.329 e. The first-order chi connectivity index (χ1) is 7.59. The SMILES string of the molecule is CC(C)NC(=O)n1c(=O)sc2ccccc21. The Hall–Kier alpha value is -1.62. The van der Waals surface area contributed by atoms with Crippen LogP contribution in [-0.4, -0.2) is 16.6 Å². The average molecular weight is 236 g/mol. The van der Waals surface area contributed by atoms with Crippen LogP contribution in [0.5, 0.6) is 0 Å². The Morgan fingerprint density at radius 1 is 1.38 bits per heavy atom. The summed E-state index contributed by atoms with van der Waals surface area (Å²) in [6.07, 6.45) is 0. The molecule has 5 heteroatoms. The minimum atomic E-state index is -0.363. The topological polar surface area (TPSA) is 51.1 Å². The highest BCUT2D eigenvalue weighted by Gasteiger charge is 2.13. The van der Waals surface area contributed by atoms with E-state index in [2.05, 4.69) is 5.32 Å². The third-order valence-electron chi connectivity index (χ3n) is 2.10. The molecular formula is C11H12N2O2S. The van der Waals surface area contributed by atoms with Gasteiger partial charge in [0.1, 0.15) is 0 Å². The van der Waals surface area contributed by atoms with Crippen LogP contribution in [-0.2, 0) is 0 Å². The summed E-state index contributed by atoms with van der Waals surface area (Å²) in [7, 11) is 0. The summed E-state index contributed by atoms with van der Waals surface area (Å²) >= 11 is 1.08. The number of thiazole rings is 1. The number of fused-ring (bicyclic) bond motifs is 1. The molecule has 16 heavy (non-hydrogen) atoms. The molecular weight excluding hydrogens is 224 g/mol. The smallest absolute Gasteiger partial charge is 0.329 e. The van der Waals surface area contributed by atoms with Crippen LogP contribution < -0.4 is 10.2 Å². The molecule has 0 radical (unpaired) electrons. The van der Waals surface area contributed by atoms with Crippen LogP contribution in [0, 0.1) is 0 Å². The summed E-state index contributed by atoms with van der Waals surface area (Å²) < 4.78 is 2.01. The number of nitrogens with zero attached hydrogens (tertiary/aromatic N) is 1. The van der Waals surface area contributed by atoms with Crippen molar-refractivity contribution in [3.8, 4) is 0 Å². The van der Waals surface area contributed by atoms with Crippen molar-refractivity contribution in [2.24, 2.45) is 0 Å². The van der Waals surface area contributed by atoms with Gasteiger partial charge in [-0.15, -0.1) is 0 Å². The summed E-state index contributed by atoms with van der Waals surface area (Å²) in [6, 6.07) is 6.92. The lowest BCUT2D eigenvalue weighted by atomic mass is 10.3. The number of hydrogen-bond donors (Lipinski definition) is 1. The van der Waals surface area contributed by atoms with Crippen molar-refractivity contribution in [1.82, 2.24) is 9.88 Å². The second kappa shape index (κ2) is 4.09. The molecule has 0 saturated heterocycles. The lowest BCUT2D eigenvalue weighted by Crippen LogP contribution is -2.37. The van der Waals surface area contributed by atoms with E-state index in [0.717, 1.165) is 16.0 Å². The molecule has 0 unspecified atom stereocenters. The number of nitrogens with one attached hydrogen (secondary N) is 1. The highest BCUT2D eigenvalue weighted by atomic mass is 32.1. The molecule has 1 aromatic carbocycles. The van der Waals surface area contributed by atoms with Gasteiger partial charge >= 0.3 is 10.9 Å². The molecule has 0 spiro atoms. The van der Waals surface area contributed by atoms with Crippen molar-refractivity contribution in [2.45, 2.75) is 19.9 Å². The number of aromatic nitrogens is 1. The minimum absolute atomic E-state index is 0.0121. The zero-order chi connectivity index (χ0) is 11.7. The van der Waals surface area contributed by atoms with Crippen molar-refractivity contribution >= 4 is 27.6 Å². The van der Waals surface area contributed by atoms with E-state index in [1.807, 2.05) is 32.0 Å². The summed E-state index contributed by atoms with van der Waals surface area (Å²) in [6.45, 7) is 3.72. The zero-order valence-electron chi connectivity index (χ0n) is 9.06. The number of carbonyl (C=O) groups is 1. The van der Waals surface area contributed by atoms with Crippen LogP contribution in [0.1, 0.15) is 13.8 Å². The molecule has 0 aliphatic heterocycles. The normalized spacial score (nSPS) is 10.9. The number of para-hydroxylation sites is 1. The maximum absolute atomic E-state index is 11.8. The van der Waals surface area contributed by atoms with Gasteiger partial charge in [0, 0.05) is 6.04 Å². The number of carbonyl (C=O) groups excluding carboxylic acids is 1. The van der Waals surface area contributed by atoms with Gasteiger partial charge in [0.2, 0.25) is 0 Å². The summed E-state index contributed by atoms with van der Waals surface area (Å²) in [5.41, 5.74) is 0.663.